The third-order valence-corrected chi connectivity index (χ3v) is 2.94. The molecule has 114 valence electrons. The van der Waals surface area contributed by atoms with Crippen molar-refractivity contribution < 1.29 is 18.7 Å². The van der Waals surface area contributed by atoms with Gasteiger partial charge in [-0.05, 0) is 25.1 Å². The van der Waals surface area contributed by atoms with Crippen LogP contribution in [0.4, 0.5) is 8.78 Å². The lowest BCUT2D eigenvalue weighted by Crippen LogP contribution is -2.24. The molecule has 0 aliphatic rings. The molecule has 1 aromatic heterocycles. The summed E-state index contributed by atoms with van der Waals surface area (Å²) < 4.78 is 27.9. The molecule has 0 aliphatic heterocycles. The lowest BCUT2D eigenvalue weighted by molar-refractivity contribution is -0.112. The molecule has 0 aliphatic carbocycles. The molecule has 7 heteroatoms. The number of rotatable bonds is 3. The Morgan fingerprint density at radius 2 is 1.91 bits per heavy atom. The highest BCUT2D eigenvalue weighted by atomic mass is 19.1. The minimum atomic E-state index is -0.791. The Labute approximate surface area is 124 Å². The van der Waals surface area contributed by atoms with E-state index in [4.69, 9.17) is 0 Å². The number of hydrogen-bond donors (Lipinski definition) is 2. The Bertz CT molecular complexity index is 793. The van der Waals surface area contributed by atoms with Crippen molar-refractivity contribution in [2.75, 3.05) is 5.43 Å². The average molecular weight is 306 g/mol. The summed E-state index contributed by atoms with van der Waals surface area (Å²) in [6.07, 6.45) is 3.20. The van der Waals surface area contributed by atoms with E-state index in [-0.39, 0.29) is 11.3 Å². The zero-order valence-corrected chi connectivity index (χ0v) is 11.5. The first-order valence-electron chi connectivity index (χ1n) is 6.24. The van der Waals surface area contributed by atoms with E-state index in [1.807, 2.05) is 0 Å². The quantitative estimate of drug-likeness (QED) is 0.851. The standard InChI is InChI=1S/C15H12F2N2O3/c1-9-15(22)13(20)7-8-19(9)18-14(21)6-5-10-11(16)3-2-4-12(10)17/h2-8,22H,1H3,(H,18,21)/b6-5+. The highest BCUT2D eigenvalue weighted by Gasteiger charge is 2.08. The topological polar surface area (TPSA) is 71.3 Å². The van der Waals surface area contributed by atoms with Crippen LogP contribution in [0, 0.1) is 18.6 Å². The smallest absolute Gasteiger partial charge is 0.262 e. The van der Waals surface area contributed by atoms with Gasteiger partial charge in [-0.25, -0.2) is 8.78 Å². The monoisotopic (exact) mass is 306 g/mol. The van der Waals surface area contributed by atoms with E-state index < -0.39 is 28.7 Å². The number of carbonyl (C=O) groups is 1. The third kappa shape index (κ3) is 3.20. The maximum atomic E-state index is 13.4. The number of aromatic nitrogens is 1. The van der Waals surface area contributed by atoms with E-state index in [2.05, 4.69) is 5.43 Å². The van der Waals surface area contributed by atoms with Gasteiger partial charge in [-0.3, -0.25) is 19.7 Å². The minimum absolute atomic E-state index is 0.131. The number of aromatic hydroxyl groups is 1. The van der Waals surface area contributed by atoms with Gasteiger partial charge < -0.3 is 5.11 Å². The molecule has 0 atom stereocenters. The lowest BCUT2D eigenvalue weighted by Gasteiger charge is -2.11. The molecule has 2 aromatic rings. The molecular formula is C15H12F2N2O3. The molecule has 2 rings (SSSR count). The Kier molecular flexibility index (Phi) is 4.36. The maximum Gasteiger partial charge on any atom is 0.262 e. The van der Waals surface area contributed by atoms with Crippen LogP contribution < -0.4 is 10.9 Å². The number of benzene rings is 1. The summed E-state index contributed by atoms with van der Waals surface area (Å²) in [5.41, 5.74) is 1.55. The zero-order valence-electron chi connectivity index (χ0n) is 11.5. The van der Waals surface area contributed by atoms with Crippen molar-refractivity contribution in [1.82, 2.24) is 4.68 Å². The van der Waals surface area contributed by atoms with Gasteiger partial charge in [-0.2, -0.15) is 0 Å². The molecule has 2 N–H and O–H groups in total. The van der Waals surface area contributed by atoms with Gasteiger partial charge in [-0.15, -0.1) is 0 Å². The summed E-state index contributed by atoms with van der Waals surface area (Å²) in [7, 11) is 0. The van der Waals surface area contributed by atoms with E-state index in [9.17, 15) is 23.5 Å². The first-order valence-corrected chi connectivity index (χ1v) is 6.24. The molecule has 0 spiro atoms. The van der Waals surface area contributed by atoms with E-state index >= 15 is 0 Å². The SMILES string of the molecule is Cc1c(O)c(=O)ccn1NC(=O)/C=C/c1c(F)cccc1F. The molecule has 0 saturated carbocycles. The van der Waals surface area contributed by atoms with Crippen LogP contribution in [-0.2, 0) is 4.79 Å². The summed E-state index contributed by atoms with van der Waals surface area (Å²) in [4.78, 5) is 22.9. The van der Waals surface area contributed by atoms with E-state index in [1.54, 1.807) is 0 Å². The van der Waals surface area contributed by atoms with E-state index in [0.717, 1.165) is 35.0 Å². The van der Waals surface area contributed by atoms with Crippen LogP contribution in [0.5, 0.6) is 5.75 Å². The molecule has 5 nitrogen and oxygen atoms in total. The van der Waals surface area contributed by atoms with Gasteiger partial charge in [0.25, 0.3) is 5.91 Å². The molecule has 22 heavy (non-hydrogen) atoms. The number of pyridine rings is 1. The number of amides is 1. The van der Waals surface area contributed by atoms with Crippen molar-refractivity contribution in [1.29, 1.82) is 0 Å². The molecule has 0 unspecified atom stereocenters. The number of nitrogens with zero attached hydrogens (tertiary/aromatic N) is 1. The number of hydrogen-bond acceptors (Lipinski definition) is 3. The Hall–Kier alpha value is -2.96. The number of carbonyl (C=O) groups excluding carboxylic acids is 1. The van der Waals surface area contributed by atoms with Crippen LogP contribution in [0.15, 0.2) is 41.3 Å². The fourth-order valence-electron chi connectivity index (χ4n) is 1.73. The predicted octanol–water partition coefficient (Wildman–Crippen LogP) is 1.92. The second-order valence-electron chi connectivity index (χ2n) is 4.43. The second kappa shape index (κ2) is 6.21. The maximum absolute atomic E-state index is 13.4. The van der Waals surface area contributed by atoms with E-state index in [1.165, 1.54) is 19.2 Å². The van der Waals surface area contributed by atoms with Crippen molar-refractivity contribution >= 4 is 12.0 Å². The summed E-state index contributed by atoms with van der Waals surface area (Å²) >= 11 is 0. The Balaban J connectivity index is 2.19. The summed E-state index contributed by atoms with van der Waals surface area (Å²) in [5, 5.41) is 9.48. The van der Waals surface area contributed by atoms with Crippen LogP contribution >= 0.6 is 0 Å². The van der Waals surface area contributed by atoms with Crippen LogP contribution in [0.2, 0.25) is 0 Å². The van der Waals surface area contributed by atoms with Crippen LogP contribution in [0.3, 0.4) is 0 Å². The zero-order chi connectivity index (χ0) is 16.3. The third-order valence-electron chi connectivity index (χ3n) is 2.94. The predicted molar refractivity (Wildman–Crippen MR) is 76.9 cm³/mol. The van der Waals surface area contributed by atoms with Crippen molar-refractivity contribution in [3.63, 3.8) is 0 Å². The van der Waals surface area contributed by atoms with Gasteiger partial charge in [0.2, 0.25) is 5.43 Å². The van der Waals surface area contributed by atoms with Gasteiger partial charge in [0.15, 0.2) is 5.75 Å². The van der Waals surface area contributed by atoms with Crippen LogP contribution in [0.1, 0.15) is 11.3 Å². The fourth-order valence-corrected chi connectivity index (χ4v) is 1.73. The molecular weight excluding hydrogens is 294 g/mol. The van der Waals surface area contributed by atoms with Crippen molar-refractivity contribution in [3.8, 4) is 5.75 Å². The molecule has 0 saturated heterocycles. The van der Waals surface area contributed by atoms with Crippen LogP contribution in [0.25, 0.3) is 6.08 Å². The first kappa shape index (κ1) is 15.4. The molecule has 1 heterocycles. The number of nitrogens with one attached hydrogen (secondary N) is 1. The molecule has 1 aromatic carbocycles. The lowest BCUT2D eigenvalue weighted by atomic mass is 10.2. The van der Waals surface area contributed by atoms with E-state index in [0.29, 0.717) is 0 Å². The van der Waals surface area contributed by atoms with Crippen molar-refractivity contribution in [3.05, 3.63) is 69.7 Å². The highest BCUT2D eigenvalue weighted by molar-refractivity contribution is 5.97. The summed E-state index contributed by atoms with van der Waals surface area (Å²) in [6, 6.07) is 4.44. The number of halogens is 2. The molecule has 1 amide bonds. The Morgan fingerprint density at radius 1 is 1.27 bits per heavy atom. The summed E-state index contributed by atoms with van der Waals surface area (Å²) in [5.74, 6) is -2.76. The highest BCUT2D eigenvalue weighted by Crippen LogP contribution is 2.13. The van der Waals surface area contributed by atoms with Crippen LogP contribution in [-0.4, -0.2) is 15.7 Å². The molecule has 0 radical (unpaired) electrons. The van der Waals surface area contributed by atoms with Gasteiger partial charge in [0.05, 0.1) is 5.69 Å². The summed E-state index contributed by atoms with van der Waals surface area (Å²) in [6.45, 7) is 1.43. The van der Waals surface area contributed by atoms with Gasteiger partial charge >= 0.3 is 0 Å². The van der Waals surface area contributed by atoms with Gasteiger partial charge in [0, 0.05) is 23.9 Å². The molecule has 0 bridgehead atoms. The Morgan fingerprint density at radius 3 is 2.55 bits per heavy atom. The molecule has 0 fully saturated rings. The van der Waals surface area contributed by atoms with Gasteiger partial charge in [-0.1, -0.05) is 6.07 Å². The first-order chi connectivity index (χ1) is 10.4. The largest absolute Gasteiger partial charge is 0.503 e. The van der Waals surface area contributed by atoms with Gasteiger partial charge in [0.1, 0.15) is 11.6 Å². The minimum Gasteiger partial charge on any atom is -0.503 e. The fraction of sp³-hybridized carbons (Fsp3) is 0.0667. The van der Waals surface area contributed by atoms with Crippen molar-refractivity contribution in [2.24, 2.45) is 0 Å². The average Bonchev–Trinajstić information content (AvgIpc) is 2.47. The van der Waals surface area contributed by atoms with Crippen molar-refractivity contribution in [2.45, 2.75) is 6.92 Å². The second-order valence-corrected chi connectivity index (χ2v) is 4.43. The normalized spacial score (nSPS) is 10.9.